The third-order valence-electron chi connectivity index (χ3n) is 4.71. The highest BCUT2D eigenvalue weighted by Gasteiger charge is 2.10. The van der Waals surface area contributed by atoms with Crippen LogP contribution >= 0.6 is 0 Å². The van der Waals surface area contributed by atoms with Gasteiger partial charge in [-0.3, -0.25) is 4.99 Å². The first kappa shape index (κ1) is 19.9. The molecule has 3 N–H and O–H groups in total. The highest BCUT2D eigenvalue weighted by Crippen LogP contribution is 2.15. The Morgan fingerprint density at radius 2 is 2.00 bits per heavy atom. The minimum atomic E-state index is -0.00179. The van der Waals surface area contributed by atoms with Gasteiger partial charge in [0.05, 0.1) is 18.8 Å². The fourth-order valence-electron chi connectivity index (χ4n) is 3.17. The SMILES string of the molecule is CCNC(=NCC(CO)c1ccccc1)NCCc1cn2cccc(C)c2n1. The lowest BCUT2D eigenvalue weighted by Gasteiger charge is -2.15. The van der Waals surface area contributed by atoms with Gasteiger partial charge in [0.2, 0.25) is 0 Å². The Morgan fingerprint density at radius 1 is 1.18 bits per heavy atom. The van der Waals surface area contributed by atoms with E-state index in [1.54, 1.807) is 0 Å². The van der Waals surface area contributed by atoms with E-state index in [-0.39, 0.29) is 12.5 Å². The van der Waals surface area contributed by atoms with Gasteiger partial charge in [-0.15, -0.1) is 0 Å². The minimum Gasteiger partial charge on any atom is -0.396 e. The van der Waals surface area contributed by atoms with Crippen LogP contribution in [0.15, 0.2) is 59.9 Å². The van der Waals surface area contributed by atoms with Crippen LogP contribution in [0, 0.1) is 6.92 Å². The molecule has 0 spiro atoms. The molecule has 6 nitrogen and oxygen atoms in total. The molecule has 0 aliphatic rings. The molecule has 3 rings (SSSR count). The zero-order chi connectivity index (χ0) is 19.8. The van der Waals surface area contributed by atoms with Gasteiger partial charge in [0.15, 0.2) is 5.96 Å². The molecule has 148 valence electrons. The van der Waals surface area contributed by atoms with E-state index >= 15 is 0 Å². The second-order valence-electron chi connectivity index (χ2n) is 6.84. The number of aliphatic imine (C=N–C) groups is 1. The maximum atomic E-state index is 9.72. The van der Waals surface area contributed by atoms with Crippen LogP contribution in [0.4, 0.5) is 0 Å². The van der Waals surface area contributed by atoms with Crippen molar-refractivity contribution in [2.45, 2.75) is 26.2 Å². The van der Waals surface area contributed by atoms with Crippen molar-refractivity contribution in [3.8, 4) is 0 Å². The van der Waals surface area contributed by atoms with Crippen molar-refractivity contribution in [2.75, 3.05) is 26.2 Å². The first-order valence-corrected chi connectivity index (χ1v) is 9.82. The fraction of sp³-hybridized carbons (Fsp3) is 0.364. The summed E-state index contributed by atoms with van der Waals surface area (Å²) in [4.78, 5) is 9.37. The third kappa shape index (κ3) is 5.10. The molecule has 1 unspecified atom stereocenters. The zero-order valence-electron chi connectivity index (χ0n) is 16.6. The van der Waals surface area contributed by atoms with E-state index in [1.165, 1.54) is 5.56 Å². The molecule has 0 saturated carbocycles. The summed E-state index contributed by atoms with van der Waals surface area (Å²) in [6.45, 7) is 6.25. The lowest BCUT2D eigenvalue weighted by Crippen LogP contribution is -2.38. The van der Waals surface area contributed by atoms with Crippen LogP contribution in [0.5, 0.6) is 0 Å². The third-order valence-corrected chi connectivity index (χ3v) is 4.71. The summed E-state index contributed by atoms with van der Waals surface area (Å²) in [6.07, 6.45) is 4.91. The first-order valence-electron chi connectivity index (χ1n) is 9.82. The number of aromatic nitrogens is 2. The summed E-state index contributed by atoms with van der Waals surface area (Å²) in [5.41, 5.74) is 4.33. The van der Waals surface area contributed by atoms with Crippen molar-refractivity contribution >= 4 is 11.6 Å². The number of pyridine rings is 1. The summed E-state index contributed by atoms with van der Waals surface area (Å²) < 4.78 is 2.07. The largest absolute Gasteiger partial charge is 0.396 e. The lowest BCUT2D eigenvalue weighted by atomic mass is 10.0. The van der Waals surface area contributed by atoms with Gasteiger partial charge >= 0.3 is 0 Å². The van der Waals surface area contributed by atoms with Crippen LogP contribution in [0.1, 0.15) is 29.7 Å². The summed E-state index contributed by atoms with van der Waals surface area (Å²) in [7, 11) is 0. The van der Waals surface area contributed by atoms with Crippen molar-refractivity contribution < 1.29 is 5.11 Å². The smallest absolute Gasteiger partial charge is 0.191 e. The summed E-state index contributed by atoms with van der Waals surface area (Å²) >= 11 is 0. The van der Waals surface area contributed by atoms with E-state index in [0.717, 1.165) is 42.4 Å². The van der Waals surface area contributed by atoms with Crippen molar-refractivity contribution in [3.05, 3.63) is 71.7 Å². The number of nitrogens with one attached hydrogen (secondary N) is 2. The number of fused-ring (bicyclic) bond motifs is 1. The van der Waals surface area contributed by atoms with Crippen LogP contribution in [0.2, 0.25) is 0 Å². The predicted molar refractivity (Wildman–Crippen MR) is 114 cm³/mol. The van der Waals surface area contributed by atoms with E-state index in [4.69, 9.17) is 4.98 Å². The van der Waals surface area contributed by atoms with Gasteiger partial charge in [-0.05, 0) is 31.0 Å². The molecule has 2 heterocycles. The van der Waals surface area contributed by atoms with Crippen LogP contribution in [-0.2, 0) is 6.42 Å². The molecule has 0 fully saturated rings. The highest BCUT2D eigenvalue weighted by molar-refractivity contribution is 5.79. The molecular formula is C22H29N5O. The Kier molecular flexibility index (Phi) is 7.03. The number of aliphatic hydroxyl groups is 1. The maximum absolute atomic E-state index is 9.72. The Labute approximate surface area is 166 Å². The van der Waals surface area contributed by atoms with Crippen LogP contribution in [0.3, 0.4) is 0 Å². The second-order valence-corrected chi connectivity index (χ2v) is 6.84. The van der Waals surface area contributed by atoms with Crippen molar-refractivity contribution in [1.82, 2.24) is 20.0 Å². The van der Waals surface area contributed by atoms with Gasteiger partial charge in [-0.25, -0.2) is 4.98 Å². The molecule has 2 aromatic heterocycles. The van der Waals surface area contributed by atoms with Gasteiger partial charge in [-0.2, -0.15) is 0 Å². The number of hydrogen-bond acceptors (Lipinski definition) is 3. The van der Waals surface area contributed by atoms with Gasteiger partial charge in [-0.1, -0.05) is 36.4 Å². The first-order chi connectivity index (χ1) is 13.7. The summed E-state index contributed by atoms with van der Waals surface area (Å²) in [5.74, 6) is 0.759. The summed E-state index contributed by atoms with van der Waals surface area (Å²) in [6, 6.07) is 14.1. The molecule has 28 heavy (non-hydrogen) atoms. The quantitative estimate of drug-likeness (QED) is 0.415. The maximum Gasteiger partial charge on any atom is 0.191 e. The van der Waals surface area contributed by atoms with E-state index in [1.807, 2.05) is 49.5 Å². The normalized spacial score (nSPS) is 12.9. The van der Waals surface area contributed by atoms with Crippen LogP contribution < -0.4 is 10.6 Å². The van der Waals surface area contributed by atoms with Gasteiger partial charge < -0.3 is 20.1 Å². The molecule has 0 aliphatic heterocycles. The molecule has 0 bridgehead atoms. The molecule has 3 aromatic rings. The van der Waals surface area contributed by atoms with E-state index in [0.29, 0.717) is 6.54 Å². The van der Waals surface area contributed by atoms with E-state index < -0.39 is 0 Å². The fourth-order valence-corrected chi connectivity index (χ4v) is 3.17. The average Bonchev–Trinajstić information content (AvgIpc) is 3.13. The Hall–Kier alpha value is -2.86. The van der Waals surface area contributed by atoms with Gasteiger partial charge in [0.25, 0.3) is 0 Å². The van der Waals surface area contributed by atoms with Crippen LogP contribution in [-0.4, -0.2) is 46.7 Å². The molecule has 0 radical (unpaired) electrons. The number of hydrogen-bond donors (Lipinski definition) is 3. The molecule has 0 saturated heterocycles. The average molecular weight is 380 g/mol. The molecular weight excluding hydrogens is 350 g/mol. The predicted octanol–water partition coefficient (Wildman–Crippen LogP) is 2.52. The lowest BCUT2D eigenvalue weighted by molar-refractivity contribution is 0.268. The molecule has 1 atom stereocenters. The van der Waals surface area contributed by atoms with Crippen LogP contribution in [0.25, 0.3) is 5.65 Å². The number of rotatable bonds is 8. The molecule has 0 aliphatic carbocycles. The standard InChI is InChI=1S/C22H29N5O/c1-3-23-22(25-14-19(16-28)18-9-5-4-6-10-18)24-12-11-20-15-27-13-7-8-17(2)21(27)26-20/h4-10,13,15,19,28H,3,11-12,14,16H2,1-2H3,(H2,23,24,25). The number of nitrogens with zero attached hydrogens (tertiary/aromatic N) is 3. The topological polar surface area (TPSA) is 74.0 Å². The van der Waals surface area contributed by atoms with E-state index in [9.17, 15) is 5.11 Å². The van der Waals surface area contributed by atoms with Gasteiger partial charge in [0, 0.05) is 37.8 Å². The molecule has 0 amide bonds. The molecule has 1 aromatic carbocycles. The number of benzene rings is 1. The van der Waals surface area contributed by atoms with E-state index in [2.05, 4.69) is 39.2 Å². The summed E-state index contributed by atoms with van der Waals surface area (Å²) in [5, 5.41) is 16.4. The molecule has 6 heteroatoms. The number of aliphatic hydroxyl groups excluding tert-OH is 1. The number of guanidine groups is 1. The van der Waals surface area contributed by atoms with Gasteiger partial charge in [0.1, 0.15) is 5.65 Å². The monoisotopic (exact) mass is 379 g/mol. The second kappa shape index (κ2) is 9.90. The van der Waals surface area contributed by atoms with Crippen molar-refractivity contribution in [1.29, 1.82) is 0 Å². The minimum absolute atomic E-state index is 0.00179. The number of imidazole rings is 1. The highest BCUT2D eigenvalue weighted by atomic mass is 16.3. The Morgan fingerprint density at radius 3 is 2.71 bits per heavy atom. The Balaban J connectivity index is 1.58. The van der Waals surface area contributed by atoms with Crippen molar-refractivity contribution in [2.24, 2.45) is 4.99 Å². The number of aryl methyl sites for hydroxylation is 1. The zero-order valence-corrected chi connectivity index (χ0v) is 16.6. The van der Waals surface area contributed by atoms with Crippen molar-refractivity contribution in [3.63, 3.8) is 0 Å². The Bertz CT molecular complexity index is 904.